The number of esters is 1. The minimum Gasteiger partial charge on any atom is -0.466 e. The van der Waals surface area contributed by atoms with E-state index in [1.54, 1.807) is 18.9 Å². The number of benzene rings is 1. The van der Waals surface area contributed by atoms with E-state index in [2.05, 4.69) is 0 Å². The molecule has 0 N–H and O–H groups in total. The van der Waals surface area contributed by atoms with E-state index in [0.29, 0.717) is 13.2 Å². The molecule has 1 amide bonds. The predicted octanol–water partition coefficient (Wildman–Crippen LogP) is 1.99. The summed E-state index contributed by atoms with van der Waals surface area (Å²) >= 11 is 0. The SMILES string of the molecule is CCOC(=O)CCC(=O)N(C)Cc1ccccc1. The molecule has 0 heterocycles. The van der Waals surface area contributed by atoms with E-state index in [9.17, 15) is 9.59 Å². The highest BCUT2D eigenvalue weighted by molar-refractivity contribution is 5.81. The second-order valence-corrected chi connectivity index (χ2v) is 4.04. The topological polar surface area (TPSA) is 46.6 Å². The van der Waals surface area contributed by atoms with Gasteiger partial charge in [0.25, 0.3) is 0 Å². The Balaban J connectivity index is 2.35. The molecule has 0 atom stereocenters. The van der Waals surface area contributed by atoms with E-state index < -0.39 is 0 Å². The lowest BCUT2D eigenvalue weighted by molar-refractivity contribution is -0.145. The van der Waals surface area contributed by atoms with Gasteiger partial charge in [0.15, 0.2) is 0 Å². The predicted molar refractivity (Wildman–Crippen MR) is 68.8 cm³/mol. The second-order valence-electron chi connectivity index (χ2n) is 4.04. The van der Waals surface area contributed by atoms with Gasteiger partial charge in [0, 0.05) is 20.0 Å². The first-order valence-electron chi connectivity index (χ1n) is 6.07. The summed E-state index contributed by atoms with van der Waals surface area (Å²) in [6.07, 6.45) is 0.341. The molecule has 18 heavy (non-hydrogen) atoms. The van der Waals surface area contributed by atoms with Gasteiger partial charge in [-0.15, -0.1) is 0 Å². The summed E-state index contributed by atoms with van der Waals surface area (Å²) in [6.45, 7) is 2.66. The Kier molecular flexibility index (Phi) is 5.91. The van der Waals surface area contributed by atoms with Crippen molar-refractivity contribution >= 4 is 11.9 Å². The third-order valence-electron chi connectivity index (χ3n) is 2.54. The Hall–Kier alpha value is -1.84. The molecule has 0 aliphatic carbocycles. The maximum absolute atomic E-state index is 11.8. The fourth-order valence-electron chi connectivity index (χ4n) is 1.58. The molecule has 0 saturated carbocycles. The smallest absolute Gasteiger partial charge is 0.306 e. The maximum Gasteiger partial charge on any atom is 0.306 e. The monoisotopic (exact) mass is 249 g/mol. The molecule has 4 nitrogen and oxygen atoms in total. The molecule has 0 unspecified atom stereocenters. The molecule has 4 heteroatoms. The van der Waals surface area contributed by atoms with Crippen molar-refractivity contribution in [2.75, 3.05) is 13.7 Å². The average Bonchev–Trinajstić information content (AvgIpc) is 2.37. The lowest BCUT2D eigenvalue weighted by Gasteiger charge is -2.17. The van der Waals surface area contributed by atoms with Crippen molar-refractivity contribution in [1.82, 2.24) is 4.90 Å². The van der Waals surface area contributed by atoms with Crippen LogP contribution in [-0.2, 0) is 20.9 Å². The third-order valence-corrected chi connectivity index (χ3v) is 2.54. The van der Waals surface area contributed by atoms with Crippen molar-refractivity contribution < 1.29 is 14.3 Å². The fourth-order valence-corrected chi connectivity index (χ4v) is 1.58. The largest absolute Gasteiger partial charge is 0.466 e. The highest BCUT2D eigenvalue weighted by Crippen LogP contribution is 2.05. The van der Waals surface area contributed by atoms with Crippen LogP contribution in [0.5, 0.6) is 0 Å². The fraction of sp³-hybridized carbons (Fsp3) is 0.429. The molecule has 98 valence electrons. The van der Waals surface area contributed by atoms with Crippen LogP contribution >= 0.6 is 0 Å². The van der Waals surface area contributed by atoms with Gasteiger partial charge in [-0.05, 0) is 12.5 Å². The van der Waals surface area contributed by atoms with E-state index in [1.165, 1.54) is 0 Å². The van der Waals surface area contributed by atoms with E-state index in [-0.39, 0.29) is 24.7 Å². The zero-order chi connectivity index (χ0) is 13.4. The van der Waals surface area contributed by atoms with E-state index in [1.807, 2.05) is 30.3 Å². The molecule has 1 aromatic rings. The van der Waals surface area contributed by atoms with Crippen LogP contribution < -0.4 is 0 Å². The summed E-state index contributed by atoms with van der Waals surface area (Å²) in [5.41, 5.74) is 1.07. The Morgan fingerprint density at radius 1 is 1.17 bits per heavy atom. The molecule has 1 rings (SSSR count). The van der Waals surface area contributed by atoms with Gasteiger partial charge >= 0.3 is 5.97 Å². The van der Waals surface area contributed by atoms with Gasteiger partial charge in [-0.2, -0.15) is 0 Å². The van der Waals surface area contributed by atoms with Gasteiger partial charge in [0.05, 0.1) is 13.0 Å². The Morgan fingerprint density at radius 2 is 1.83 bits per heavy atom. The lowest BCUT2D eigenvalue weighted by Crippen LogP contribution is -2.26. The van der Waals surface area contributed by atoms with Gasteiger partial charge in [-0.3, -0.25) is 9.59 Å². The first-order valence-corrected chi connectivity index (χ1v) is 6.07. The van der Waals surface area contributed by atoms with Gasteiger partial charge < -0.3 is 9.64 Å². The Morgan fingerprint density at radius 3 is 2.44 bits per heavy atom. The first-order chi connectivity index (χ1) is 8.63. The highest BCUT2D eigenvalue weighted by atomic mass is 16.5. The van der Waals surface area contributed by atoms with Crippen molar-refractivity contribution in [3.8, 4) is 0 Å². The summed E-state index contributed by atoms with van der Waals surface area (Å²) < 4.78 is 4.78. The quantitative estimate of drug-likeness (QED) is 0.724. The number of carbonyl (C=O) groups excluding carboxylic acids is 2. The number of amides is 1. The standard InChI is InChI=1S/C14H19NO3/c1-3-18-14(17)10-9-13(16)15(2)11-12-7-5-4-6-8-12/h4-8H,3,9-11H2,1-2H3. The van der Waals surface area contributed by atoms with Crippen LogP contribution in [0.1, 0.15) is 25.3 Å². The number of nitrogens with zero attached hydrogens (tertiary/aromatic N) is 1. The maximum atomic E-state index is 11.8. The molecule has 0 spiro atoms. The molecule has 0 aliphatic heterocycles. The molecule has 0 radical (unpaired) electrons. The number of rotatable bonds is 6. The van der Waals surface area contributed by atoms with Crippen LogP contribution in [-0.4, -0.2) is 30.4 Å². The van der Waals surface area contributed by atoms with E-state index >= 15 is 0 Å². The van der Waals surface area contributed by atoms with Gasteiger partial charge in [0.1, 0.15) is 0 Å². The average molecular weight is 249 g/mol. The number of hydrogen-bond acceptors (Lipinski definition) is 3. The van der Waals surface area contributed by atoms with Crippen molar-refractivity contribution in [2.24, 2.45) is 0 Å². The minimum absolute atomic E-state index is 0.0492. The van der Waals surface area contributed by atoms with Crippen molar-refractivity contribution in [1.29, 1.82) is 0 Å². The van der Waals surface area contributed by atoms with Gasteiger partial charge in [-0.1, -0.05) is 30.3 Å². The van der Waals surface area contributed by atoms with Gasteiger partial charge in [-0.25, -0.2) is 0 Å². The lowest BCUT2D eigenvalue weighted by atomic mass is 10.2. The third kappa shape index (κ3) is 4.99. The van der Waals surface area contributed by atoms with Crippen LogP contribution in [0.15, 0.2) is 30.3 Å². The van der Waals surface area contributed by atoms with E-state index in [4.69, 9.17) is 4.74 Å². The van der Waals surface area contributed by atoms with Crippen LogP contribution in [0.4, 0.5) is 0 Å². The molecular formula is C14H19NO3. The van der Waals surface area contributed by atoms with Crippen molar-refractivity contribution in [3.05, 3.63) is 35.9 Å². The normalized spacial score (nSPS) is 9.89. The molecule has 1 aromatic carbocycles. The molecule has 0 bridgehead atoms. The molecule has 0 aromatic heterocycles. The summed E-state index contributed by atoms with van der Waals surface area (Å²) in [5.74, 6) is -0.370. The molecule has 0 saturated heterocycles. The zero-order valence-corrected chi connectivity index (χ0v) is 10.9. The summed E-state index contributed by atoms with van der Waals surface area (Å²) in [7, 11) is 1.74. The minimum atomic E-state index is -0.320. The summed E-state index contributed by atoms with van der Waals surface area (Å²) in [4.78, 5) is 24.5. The number of ether oxygens (including phenoxy) is 1. The highest BCUT2D eigenvalue weighted by Gasteiger charge is 2.12. The Bertz CT molecular complexity index is 389. The zero-order valence-electron chi connectivity index (χ0n) is 10.9. The number of carbonyl (C=O) groups is 2. The van der Waals surface area contributed by atoms with Crippen LogP contribution in [0.3, 0.4) is 0 Å². The molecule has 0 aliphatic rings. The Labute approximate surface area is 108 Å². The number of hydrogen-bond donors (Lipinski definition) is 0. The van der Waals surface area contributed by atoms with Crippen LogP contribution in [0, 0.1) is 0 Å². The molecule has 0 fully saturated rings. The van der Waals surface area contributed by atoms with E-state index in [0.717, 1.165) is 5.56 Å². The van der Waals surface area contributed by atoms with Crippen LogP contribution in [0.25, 0.3) is 0 Å². The van der Waals surface area contributed by atoms with Crippen LogP contribution in [0.2, 0.25) is 0 Å². The van der Waals surface area contributed by atoms with Crippen molar-refractivity contribution in [2.45, 2.75) is 26.3 Å². The summed E-state index contributed by atoms with van der Waals surface area (Å²) in [6, 6.07) is 9.74. The van der Waals surface area contributed by atoms with Gasteiger partial charge in [0.2, 0.25) is 5.91 Å². The molecular weight excluding hydrogens is 230 g/mol. The first kappa shape index (κ1) is 14.2. The second kappa shape index (κ2) is 7.48. The summed E-state index contributed by atoms with van der Waals surface area (Å²) in [5, 5.41) is 0. The van der Waals surface area contributed by atoms with Crippen molar-refractivity contribution in [3.63, 3.8) is 0 Å².